The Morgan fingerprint density at radius 1 is 0.526 bits per heavy atom. The second-order valence-electron chi connectivity index (χ2n) is 7.51. The van der Waals surface area contributed by atoms with Gasteiger partial charge in [-0.25, -0.2) is 0 Å². The molecule has 0 amide bonds. The van der Waals surface area contributed by atoms with Gasteiger partial charge >= 0.3 is 0 Å². The fraction of sp³-hybridized carbons (Fsp3) is 1.00. The van der Waals surface area contributed by atoms with Gasteiger partial charge in [-0.05, 0) is 72.5 Å². The Morgan fingerprint density at radius 3 is 1.16 bits per heavy atom. The van der Waals surface area contributed by atoms with Crippen molar-refractivity contribution in [1.82, 2.24) is 0 Å². The topological polar surface area (TPSA) is 0 Å². The molecular formula is C17H32P2. The molecule has 1 aliphatic carbocycles. The first-order valence-corrected chi connectivity index (χ1v) is 11.7. The van der Waals surface area contributed by atoms with Crippen molar-refractivity contribution in [1.29, 1.82) is 0 Å². The molecule has 0 bridgehead atoms. The molecule has 3 rings (SSSR count). The van der Waals surface area contributed by atoms with Gasteiger partial charge in [-0.1, -0.05) is 50.0 Å². The second kappa shape index (κ2) is 5.93. The SMILES string of the molecule is CC1CCC(C)P1C1CCCC1P1C(C)CCC1C. The Hall–Kier alpha value is 0.860. The van der Waals surface area contributed by atoms with Gasteiger partial charge in [0.1, 0.15) is 0 Å². The number of hydrogen-bond donors (Lipinski definition) is 0. The summed E-state index contributed by atoms with van der Waals surface area (Å²) < 4.78 is 0. The van der Waals surface area contributed by atoms with Gasteiger partial charge in [0.25, 0.3) is 0 Å². The summed E-state index contributed by atoms with van der Waals surface area (Å²) in [6.45, 7) is 10.3. The molecule has 0 aromatic rings. The molecule has 19 heavy (non-hydrogen) atoms. The van der Waals surface area contributed by atoms with Gasteiger partial charge in [0.05, 0.1) is 0 Å². The van der Waals surface area contributed by atoms with Crippen molar-refractivity contribution in [3.63, 3.8) is 0 Å². The predicted molar refractivity (Wildman–Crippen MR) is 91.6 cm³/mol. The Balaban J connectivity index is 1.77. The monoisotopic (exact) mass is 298 g/mol. The van der Waals surface area contributed by atoms with Crippen LogP contribution in [0.5, 0.6) is 0 Å². The van der Waals surface area contributed by atoms with Gasteiger partial charge in [0.15, 0.2) is 0 Å². The lowest BCUT2D eigenvalue weighted by Gasteiger charge is -2.38. The maximum Gasteiger partial charge on any atom is -0.0136 e. The molecule has 0 aromatic heterocycles. The molecule has 0 N–H and O–H groups in total. The van der Waals surface area contributed by atoms with Crippen LogP contribution in [0.1, 0.15) is 72.6 Å². The largest absolute Gasteiger partial charge is 0.0971 e. The van der Waals surface area contributed by atoms with Crippen LogP contribution in [0.3, 0.4) is 0 Å². The van der Waals surface area contributed by atoms with Gasteiger partial charge in [0, 0.05) is 0 Å². The summed E-state index contributed by atoms with van der Waals surface area (Å²) in [5.74, 6) is 0. The van der Waals surface area contributed by atoms with Crippen molar-refractivity contribution in [3.8, 4) is 0 Å². The lowest BCUT2D eigenvalue weighted by molar-refractivity contribution is 0.777. The maximum atomic E-state index is 2.58. The molecule has 0 aromatic carbocycles. The summed E-state index contributed by atoms with van der Waals surface area (Å²) in [7, 11) is 0.708. The van der Waals surface area contributed by atoms with Crippen molar-refractivity contribution < 1.29 is 0 Å². The van der Waals surface area contributed by atoms with E-state index < -0.39 is 0 Å². The molecule has 2 aliphatic heterocycles. The van der Waals surface area contributed by atoms with E-state index >= 15 is 0 Å². The maximum absolute atomic E-state index is 2.58. The van der Waals surface area contributed by atoms with E-state index in [1.807, 2.05) is 0 Å². The molecule has 3 aliphatic rings. The van der Waals surface area contributed by atoms with E-state index in [2.05, 4.69) is 27.7 Å². The zero-order valence-electron chi connectivity index (χ0n) is 13.3. The Kier molecular flexibility index (Phi) is 4.61. The van der Waals surface area contributed by atoms with E-state index in [1.54, 1.807) is 44.9 Å². The quantitative estimate of drug-likeness (QED) is 0.547. The Labute approximate surface area is 123 Å². The molecule has 2 saturated heterocycles. The van der Waals surface area contributed by atoms with Crippen molar-refractivity contribution >= 4 is 15.8 Å². The highest BCUT2D eigenvalue weighted by Gasteiger charge is 2.47. The van der Waals surface area contributed by atoms with E-state index in [0.717, 1.165) is 22.6 Å². The molecule has 110 valence electrons. The van der Waals surface area contributed by atoms with Crippen LogP contribution in [-0.4, -0.2) is 34.0 Å². The summed E-state index contributed by atoms with van der Waals surface area (Å²) in [4.78, 5) is 0. The van der Waals surface area contributed by atoms with Gasteiger partial charge in [0.2, 0.25) is 0 Å². The molecule has 6 unspecified atom stereocenters. The average molecular weight is 298 g/mol. The third-order valence-corrected chi connectivity index (χ3v) is 14.4. The second-order valence-corrected chi connectivity index (χ2v) is 14.2. The highest BCUT2D eigenvalue weighted by molar-refractivity contribution is 7.64. The summed E-state index contributed by atoms with van der Waals surface area (Å²) in [6, 6.07) is 0. The zero-order valence-corrected chi connectivity index (χ0v) is 15.1. The van der Waals surface area contributed by atoms with Gasteiger partial charge in [-0.3, -0.25) is 0 Å². The van der Waals surface area contributed by atoms with Crippen LogP contribution >= 0.6 is 15.8 Å². The lowest BCUT2D eigenvalue weighted by Crippen LogP contribution is -2.25. The standard InChI is InChI=1S/C17H32P2/c1-12-8-9-13(2)18(12)16-6-5-7-17(16)19-14(3)10-11-15(19)4/h12-17H,5-11H2,1-4H3. The van der Waals surface area contributed by atoms with Crippen LogP contribution in [0.2, 0.25) is 0 Å². The van der Waals surface area contributed by atoms with E-state index in [0.29, 0.717) is 15.8 Å². The molecule has 0 nitrogen and oxygen atoms in total. The minimum absolute atomic E-state index is 0.354. The van der Waals surface area contributed by atoms with Gasteiger partial charge in [-0.15, -0.1) is 0 Å². The van der Waals surface area contributed by atoms with Crippen LogP contribution in [0.15, 0.2) is 0 Å². The van der Waals surface area contributed by atoms with Crippen LogP contribution in [0.25, 0.3) is 0 Å². The lowest BCUT2D eigenvalue weighted by atomic mass is 10.2. The van der Waals surface area contributed by atoms with E-state index in [-0.39, 0.29) is 0 Å². The zero-order chi connectivity index (χ0) is 13.6. The van der Waals surface area contributed by atoms with E-state index in [4.69, 9.17) is 0 Å². The molecule has 2 heterocycles. The van der Waals surface area contributed by atoms with Crippen LogP contribution < -0.4 is 0 Å². The fourth-order valence-electron chi connectivity index (χ4n) is 5.35. The summed E-state index contributed by atoms with van der Waals surface area (Å²) in [5.41, 5.74) is 6.68. The number of rotatable bonds is 2. The van der Waals surface area contributed by atoms with Gasteiger partial charge < -0.3 is 0 Å². The van der Waals surface area contributed by atoms with Crippen molar-refractivity contribution in [2.45, 2.75) is 107 Å². The predicted octanol–water partition coefficient (Wildman–Crippen LogP) is 6.01. The molecule has 0 spiro atoms. The van der Waals surface area contributed by atoms with Crippen LogP contribution in [-0.2, 0) is 0 Å². The minimum atomic E-state index is 0.354. The molecule has 6 atom stereocenters. The van der Waals surface area contributed by atoms with Gasteiger partial charge in [-0.2, -0.15) is 0 Å². The Bertz CT molecular complexity index is 266. The summed E-state index contributed by atoms with van der Waals surface area (Å²) in [6.07, 6.45) is 10.9. The highest BCUT2D eigenvalue weighted by atomic mass is 31.1. The first-order chi connectivity index (χ1) is 9.09. The smallest absolute Gasteiger partial charge is 0.0136 e. The highest BCUT2D eigenvalue weighted by Crippen LogP contribution is 2.70. The van der Waals surface area contributed by atoms with Crippen LogP contribution in [0, 0.1) is 0 Å². The average Bonchev–Trinajstić information content (AvgIpc) is 3.02. The fourth-order valence-corrected chi connectivity index (χ4v) is 14.5. The van der Waals surface area contributed by atoms with Crippen molar-refractivity contribution in [2.24, 2.45) is 0 Å². The molecular weight excluding hydrogens is 266 g/mol. The third-order valence-electron chi connectivity index (χ3n) is 6.25. The molecule has 1 saturated carbocycles. The summed E-state index contributed by atoms with van der Waals surface area (Å²) in [5, 5.41) is 0. The van der Waals surface area contributed by atoms with E-state index in [1.165, 1.54) is 11.3 Å². The van der Waals surface area contributed by atoms with Crippen molar-refractivity contribution in [3.05, 3.63) is 0 Å². The first-order valence-electron chi connectivity index (χ1n) is 8.64. The normalized spacial score (nSPS) is 54.9. The molecule has 2 heteroatoms. The number of hydrogen-bond acceptors (Lipinski definition) is 0. The minimum Gasteiger partial charge on any atom is -0.0971 e. The van der Waals surface area contributed by atoms with Crippen LogP contribution in [0.4, 0.5) is 0 Å². The Morgan fingerprint density at radius 2 is 0.842 bits per heavy atom. The molecule has 0 radical (unpaired) electrons. The van der Waals surface area contributed by atoms with E-state index in [9.17, 15) is 0 Å². The first kappa shape index (κ1) is 14.8. The summed E-state index contributed by atoms with van der Waals surface area (Å²) >= 11 is 0. The molecule has 3 fully saturated rings. The third kappa shape index (κ3) is 2.66. The van der Waals surface area contributed by atoms with Crippen molar-refractivity contribution in [2.75, 3.05) is 0 Å².